The summed E-state index contributed by atoms with van der Waals surface area (Å²) in [6.07, 6.45) is 2.77. The first-order valence-corrected chi connectivity index (χ1v) is 7.27. The predicted octanol–water partition coefficient (Wildman–Crippen LogP) is 2.89. The summed E-state index contributed by atoms with van der Waals surface area (Å²) in [4.78, 5) is 0. The van der Waals surface area contributed by atoms with Crippen LogP contribution in [-0.4, -0.2) is 24.5 Å². The number of aryl methyl sites for hydroxylation is 1. The third-order valence-corrected chi connectivity index (χ3v) is 4.59. The summed E-state index contributed by atoms with van der Waals surface area (Å²) >= 11 is 1.85. The number of thioether (sulfide) groups is 1. The van der Waals surface area contributed by atoms with Crippen molar-refractivity contribution in [3.8, 4) is 0 Å². The van der Waals surface area contributed by atoms with Gasteiger partial charge >= 0.3 is 0 Å². The van der Waals surface area contributed by atoms with Crippen molar-refractivity contribution in [3.63, 3.8) is 0 Å². The number of ether oxygens (including phenoxy) is 1. The molecule has 0 aliphatic carbocycles. The molecule has 2 heterocycles. The van der Waals surface area contributed by atoms with E-state index in [4.69, 9.17) is 14.9 Å². The van der Waals surface area contributed by atoms with E-state index in [1.807, 2.05) is 37.7 Å². The van der Waals surface area contributed by atoms with Crippen molar-refractivity contribution in [2.75, 3.05) is 12.4 Å². The lowest BCUT2D eigenvalue weighted by molar-refractivity contribution is 0.128. The zero-order chi connectivity index (χ0) is 12.3. The number of rotatable bonds is 5. The minimum Gasteiger partial charge on any atom is -0.465 e. The molecule has 3 unspecified atom stereocenters. The van der Waals surface area contributed by atoms with Crippen LogP contribution in [0.15, 0.2) is 16.5 Å². The van der Waals surface area contributed by atoms with Crippen LogP contribution in [0.1, 0.15) is 36.5 Å². The maximum absolute atomic E-state index is 6.04. The van der Waals surface area contributed by atoms with Crippen molar-refractivity contribution in [2.45, 2.75) is 44.1 Å². The molecule has 0 bridgehead atoms. The van der Waals surface area contributed by atoms with Crippen molar-refractivity contribution >= 4 is 11.8 Å². The van der Waals surface area contributed by atoms with Gasteiger partial charge in [0.1, 0.15) is 11.5 Å². The van der Waals surface area contributed by atoms with Gasteiger partial charge in [-0.25, -0.2) is 0 Å². The first kappa shape index (κ1) is 13.0. The zero-order valence-electron chi connectivity index (χ0n) is 10.5. The predicted molar refractivity (Wildman–Crippen MR) is 71.3 cm³/mol. The van der Waals surface area contributed by atoms with Gasteiger partial charge in [0, 0.05) is 18.4 Å². The SMILES string of the molecule is Cc1ccc(C(SCC2CCCO2)C(C)N)o1. The second-order valence-corrected chi connectivity index (χ2v) is 5.87. The normalized spacial score (nSPS) is 23.8. The fourth-order valence-corrected chi connectivity index (χ4v) is 3.37. The first-order chi connectivity index (χ1) is 8.16. The van der Waals surface area contributed by atoms with Gasteiger partial charge in [0.2, 0.25) is 0 Å². The molecule has 17 heavy (non-hydrogen) atoms. The van der Waals surface area contributed by atoms with Crippen molar-refractivity contribution in [1.29, 1.82) is 0 Å². The fraction of sp³-hybridized carbons (Fsp3) is 0.692. The molecule has 2 N–H and O–H groups in total. The van der Waals surface area contributed by atoms with Gasteiger partial charge in [-0.05, 0) is 38.8 Å². The molecule has 0 radical (unpaired) electrons. The van der Waals surface area contributed by atoms with Crippen LogP contribution in [0.3, 0.4) is 0 Å². The van der Waals surface area contributed by atoms with E-state index >= 15 is 0 Å². The maximum atomic E-state index is 6.04. The molecular formula is C13H21NO2S. The number of hydrogen-bond acceptors (Lipinski definition) is 4. The summed E-state index contributed by atoms with van der Waals surface area (Å²) < 4.78 is 11.3. The van der Waals surface area contributed by atoms with E-state index in [0.29, 0.717) is 6.10 Å². The van der Waals surface area contributed by atoms with Crippen LogP contribution in [0.4, 0.5) is 0 Å². The zero-order valence-corrected chi connectivity index (χ0v) is 11.3. The molecule has 96 valence electrons. The fourth-order valence-electron chi connectivity index (χ4n) is 2.09. The molecule has 1 aromatic rings. The molecule has 2 rings (SSSR count). The van der Waals surface area contributed by atoms with E-state index in [-0.39, 0.29) is 11.3 Å². The minimum atomic E-state index is 0.0898. The Labute approximate surface area is 107 Å². The van der Waals surface area contributed by atoms with Crippen molar-refractivity contribution < 1.29 is 9.15 Å². The van der Waals surface area contributed by atoms with Crippen LogP contribution in [0.5, 0.6) is 0 Å². The molecule has 3 atom stereocenters. The van der Waals surface area contributed by atoms with E-state index < -0.39 is 0 Å². The van der Waals surface area contributed by atoms with E-state index in [0.717, 1.165) is 23.9 Å². The van der Waals surface area contributed by atoms with Crippen LogP contribution in [0.25, 0.3) is 0 Å². The Morgan fingerprint density at radius 3 is 2.88 bits per heavy atom. The molecule has 4 heteroatoms. The third-order valence-electron chi connectivity index (χ3n) is 3.00. The monoisotopic (exact) mass is 255 g/mol. The lowest BCUT2D eigenvalue weighted by atomic mass is 10.2. The molecule has 0 saturated carbocycles. The van der Waals surface area contributed by atoms with Gasteiger partial charge in [-0.2, -0.15) is 0 Å². The number of hydrogen-bond donors (Lipinski definition) is 1. The summed E-state index contributed by atoms with van der Waals surface area (Å²) in [6, 6.07) is 4.12. The van der Waals surface area contributed by atoms with Crippen LogP contribution >= 0.6 is 11.8 Å². The summed E-state index contributed by atoms with van der Waals surface area (Å²) in [5.41, 5.74) is 6.04. The van der Waals surface area contributed by atoms with E-state index in [1.165, 1.54) is 12.8 Å². The molecule has 0 spiro atoms. The highest BCUT2D eigenvalue weighted by Gasteiger charge is 2.23. The topological polar surface area (TPSA) is 48.4 Å². The highest BCUT2D eigenvalue weighted by Crippen LogP contribution is 2.34. The lowest BCUT2D eigenvalue weighted by Gasteiger charge is -2.19. The highest BCUT2D eigenvalue weighted by atomic mass is 32.2. The van der Waals surface area contributed by atoms with Gasteiger partial charge < -0.3 is 14.9 Å². The number of furan rings is 1. The third kappa shape index (κ3) is 3.50. The van der Waals surface area contributed by atoms with Crippen LogP contribution < -0.4 is 5.73 Å². The molecule has 1 aromatic heterocycles. The second-order valence-electron chi connectivity index (χ2n) is 4.70. The van der Waals surface area contributed by atoms with Crippen LogP contribution in [0.2, 0.25) is 0 Å². The summed E-state index contributed by atoms with van der Waals surface area (Å²) in [6.45, 7) is 4.91. The smallest absolute Gasteiger partial charge is 0.118 e. The van der Waals surface area contributed by atoms with E-state index in [9.17, 15) is 0 Å². The van der Waals surface area contributed by atoms with Gasteiger partial charge in [-0.15, -0.1) is 11.8 Å². The van der Waals surface area contributed by atoms with E-state index in [1.54, 1.807) is 0 Å². The molecular weight excluding hydrogens is 234 g/mol. The average Bonchev–Trinajstić information content (AvgIpc) is 2.90. The van der Waals surface area contributed by atoms with Gasteiger partial charge in [0.05, 0.1) is 11.4 Å². The molecule has 1 fully saturated rings. The summed E-state index contributed by atoms with van der Waals surface area (Å²) in [5, 5.41) is 0.230. The molecule has 3 nitrogen and oxygen atoms in total. The van der Waals surface area contributed by atoms with Crippen molar-refractivity contribution in [2.24, 2.45) is 5.73 Å². The van der Waals surface area contributed by atoms with Crippen LogP contribution in [0, 0.1) is 6.92 Å². The molecule has 1 aliphatic heterocycles. The van der Waals surface area contributed by atoms with Gasteiger partial charge in [-0.1, -0.05) is 0 Å². The Bertz CT molecular complexity index is 345. The first-order valence-electron chi connectivity index (χ1n) is 6.22. The Morgan fingerprint density at radius 2 is 2.35 bits per heavy atom. The maximum Gasteiger partial charge on any atom is 0.118 e. The lowest BCUT2D eigenvalue weighted by Crippen LogP contribution is -2.24. The molecule has 1 saturated heterocycles. The summed E-state index contributed by atoms with van der Waals surface area (Å²) in [5.74, 6) is 2.94. The van der Waals surface area contributed by atoms with E-state index in [2.05, 4.69) is 0 Å². The summed E-state index contributed by atoms with van der Waals surface area (Å²) in [7, 11) is 0. The standard InChI is InChI=1S/C13H21NO2S/c1-9-5-6-12(16-9)13(10(2)14)17-8-11-4-3-7-15-11/h5-6,10-11,13H,3-4,7-8,14H2,1-2H3. The highest BCUT2D eigenvalue weighted by molar-refractivity contribution is 7.99. The van der Waals surface area contributed by atoms with Crippen molar-refractivity contribution in [1.82, 2.24) is 0 Å². The Morgan fingerprint density at radius 1 is 1.53 bits per heavy atom. The average molecular weight is 255 g/mol. The Kier molecular flexibility index (Phi) is 4.54. The molecule has 0 aromatic carbocycles. The van der Waals surface area contributed by atoms with Gasteiger partial charge in [0.25, 0.3) is 0 Å². The Hall–Kier alpha value is -0.450. The second kappa shape index (κ2) is 5.94. The van der Waals surface area contributed by atoms with Gasteiger partial charge in [-0.3, -0.25) is 0 Å². The van der Waals surface area contributed by atoms with Crippen molar-refractivity contribution in [3.05, 3.63) is 23.7 Å². The quantitative estimate of drug-likeness (QED) is 0.879. The molecule has 1 aliphatic rings. The largest absolute Gasteiger partial charge is 0.465 e. The number of nitrogens with two attached hydrogens (primary N) is 1. The Balaban J connectivity index is 1.92. The minimum absolute atomic E-state index is 0.0898. The van der Waals surface area contributed by atoms with Gasteiger partial charge in [0.15, 0.2) is 0 Å². The molecule has 0 amide bonds. The van der Waals surface area contributed by atoms with Crippen LogP contribution in [-0.2, 0) is 4.74 Å².